The molecule has 1 spiro atoms. The normalized spacial score (nSPS) is 13.3. The van der Waals surface area contributed by atoms with Crippen LogP contribution < -0.4 is 0 Å². The van der Waals surface area contributed by atoms with Gasteiger partial charge in [-0.2, -0.15) is 15.0 Å². The third-order valence-electron chi connectivity index (χ3n) is 15.2. The molecule has 70 heavy (non-hydrogen) atoms. The van der Waals surface area contributed by atoms with Crippen LogP contribution in [-0.2, 0) is 5.41 Å². The van der Waals surface area contributed by atoms with Crippen molar-refractivity contribution in [1.29, 1.82) is 0 Å². The van der Waals surface area contributed by atoms with Crippen LogP contribution in [0, 0.1) is 0 Å². The second kappa shape index (κ2) is 13.8. The van der Waals surface area contributed by atoms with Gasteiger partial charge in [0.2, 0.25) is 11.9 Å². The van der Waals surface area contributed by atoms with Crippen LogP contribution in [-0.4, -0.2) is 24.1 Å². The van der Waals surface area contributed by atoms with Gasteiger partial charge in [-0.1, -0.05) is 176 Å². The molecule has 2 aliphatic rings. The number of hydrogen-bond donors (Lipinski definition) is 0. The molecule has 14 aromatic rings. The smallest absolute Gasteiger partial charge is 0.240 e. The van der Waals surface area contributed by atoms with E-state index in [1.165, 1.54) is 44.5 Å². The minimum absolute atomic E-state index is 0.519. The van der Waals surface area contributed by atoms with Crippen LogP contribution >= 0.6 is 0 Å². The number of fused-ring (bicyclic) bond motifs is 19. The van der Waals surface area contributed by atoms with Gasteiger partial charge in [0.05, 0.1) is 27.5 Å². The molecule has 0 amide bonds. The summed E-state index contributed by atoms with van der Waals surface area (Å²) >= 11 is 0. The number of aromatic nitrogens is 5. The van der Waals surface area contributed by atoms with E-state index in [2.05, 4.69) is 228 Å². The molecule has 10 aromatic carbocycles. The Hall–Kier alpha value is -9.39. The molecule has 0 bridgehead atoms. The standard InChI is InChI=1S/C64H37N5O/c1-2-17-38(18-3-1)40-25-16-32-58-60(40)47-34-33-39(35-59(47)70-58)61-65-62(68-54-29-13-7-22-44(54)45-23-8-14-30-55(45)68)67-63(66-61)69-56-31-15-9-24-46(56)49-36-48-43-21-6-12-28-52(43)64(53(48)37-57(49)69)50-26-10-4-19-41(50)42-20-5-11-27-51(42)64/h1-37H. The second-order valence-corrected chi connectivity index (χ2v) is 18.6. The van der Waals surface area contributed by atoms with E-state index in [9.17, 15) is 0 Å². The summed E-state index contributed by atoms with van der Waals surface area (Å²) in [6.07, 6.45) is 0. The highest BCUT2D eigenvalue weighted by Crippen LogP contribution is 2.63. The molecule has 2 aliphatic carbocycles. The first-order valence-electron chi connectivity index (χ1n) is 23.9. The van der Waals surface area contributed by atoms with Crippen molar-refractivity contribution in [3.63, 3.8) is 0 Å². The Morgan fingerprint density at radius 2 is 0.829 bits per heavy atom. The molecule has 4 aromatic heterocycles. The summed E-state index contributed by atoms with van der Waals surface area (Å²) in [6, 6.07) is 80.7. The van der Waals surface area contributed by atoms with Crippen LogP contribution in [0.5, 0.6) is 0 Å². The minimum atomic E-state index is -0.519. The largest absolute Gasteiger partial charge is 0.456 e. The number of furan rings is 1. The van der Waals surface area contributed by atoms with Gasteiger partial charge in [0, 0.05) is 37.9 Å². The van der Waals surface area contributed by atoms with E-state index >= 15 is 0 Å². The second-order valence-electron chi connectivity index (χ2n) is 18.6. The van der Waals surface area contributed by atoms with Crippen LogP contribution in [0.3, 0.4) is 0 Å². The summed E-state index contributed by atoms with van der Waals surface area (Å²) in [5.41, 5.74) is 18.5. The molecule has 0 unspecified atom stereocenters. The van der Waals surface area contributed by atoms with Crippen molar-refractivity contribution in [3.8, 4) is 56.7 Å². The molecule has 6 nitrogen and oxygen atoms in total. The number of hydrogen-bond acceptors (Lipinski definition) is 4. The molecule has 324 valence electrons. The zero-order valence-electron chi connectivity index (χ0n) is 37.5. The first kappa shape index (κ1) is 37.7. The molecule has 16 rings (SSSR count). The van der Waals surface area contributed by atoms with E-state index < -0.39 is 5.41 Å². The summed E-state index contributed by atoms with van der Waals surface area (Å²) in [5, 5.41) is 6.66. The van der Waals surface area contributed by atoms with Gasteiger partial charge in [-0.25, -0.2) is 0 Å². The van der Waals surface area contributed by atoms with Crippen LogP contribution in [0.2, 0.25) is 0 Å². The highest BCUT2D eigenvalue weighted by atomic mass is 16.3. The zero-order valence-corrected chi connectivity index (χ0v) is 37.5. The molecule has 0 saturated carbocycles. The Morgan fingerprint density at radius 1 is 0.314 bits per heavy atom. The summed E-state index contributed by atoms with van der Waals surface area (Å²) in [5.74, 6) is 1.60. The Balaban J connectivity index is 0.995. The van der Waals surface area contributed by atoms with E-state index in [0.717, 1.165) is 82.2 Å². The SMILES string of the molecule is c1ccc(-c2cccc3oc4cc(-c5nc(-n6c7ccccc7c7ccccc76)nc(-n6c7ccccc7c7cc8c(cc76)C6(c7ccccc7-c7ccccc76)c6ccccc6-8)n5)ccc4c23)cc1. The number of rotatable bonds is 4. The Kier molecular flexibility index (Phi) is 7.45. The summed E-state index contributed by atoms with van der Waals surface area (Å²) in [4.78, 5) is 16.5. The molecule has 0 N–H and O–H groups in total. The van der Waals surface area contributed by atoms with Gasteiger partial charge in [0.25, 0.3) is 0 Å². The van der Waals surface area contributed by atoms with E-state index in [0.29, 0.717) is 17.7 Å². The Morgan fingerprint density at radius 3 is 1.46 bits per heavy atom. The molecule has 0 aliphatic heterocycles. The average Bonchev–Trinajstić information content (AvgIpc) is 4.21. The highest BCUT2D eigenvalue weighted by Gasteiger charge is 2.51. The van der Waals surface area contributed by atoms with Crippen molar-refractivity contribution < 1.29 is 4.42 Å². The molecule has 0 fully saturated rings. The van der Waals surface area contributed by atoms with Crippen LogP contribution in [0.25, 0.3) is 122 Å². The topological polar surface area (TPSA) is 61.7 Å². The lowest BCUT2D eigenvalue weighted by Crippen LogP contribution is -2.25. The summed E-state index contributed by atoms with van der Waals surface area (Å²) in [6.45, 7) is 0. The fraction of sp³-hybridized carbons (Fsp3) is 0.0156. The van der Waals surface area contributed by atoms with Crippen molar-refractivity contribution in [3.05, 3.63) is 247 Å². The van der Waals surface area contributed by atoms with Gasteiger partial charge in [-0.3, -0.25) is 9.13 Å². The molecule has 0 saturated heterocycles. The maximum atomic E-state index is 6.70. The van der Waals surface area contributed by atoms with Crippen molar-refractivity contribution in [2.45, 2.75) is 5.41 Å². The van der Waals surface area contributed by atoms with E-state index in [1.54, 1.807) is 0 Å². The maximum absolute atomic E-state index is 6.70. The molecule has 0 radical (unpaired) electrons. The lowest BCUT2D eigenvalue weighted by atomic mass is 9.70. The van der Waals surface area contributed by atoms with Gasteiger partial charge >= 0.3 is 0 Å². The zero-order chi connectivity index (χ0) is 45.7. The monoisotopic (exact) mass is 891 g/mol. The lowest BCUT2D eigenvalue weighted by molar-refractivity contribution is 0.669. The predicted molar refractivity (Wildman–Crippen MR) is 283 cm³/mol. The average molecular weight is 892 g/mol. The Labute approximate surface area is 401 Å². The Bertz CT molecular complexity index is 4460. The van der Waals surface area contributed by atoms with Gasteiger partial charge < -0.3 is 4.42 Å². The minimum Gasteiger partial charge on any atom is -0.456 e. The summed E-state index contributed by atoms with van der Waals surface area (Å²) in [7, 11) is 0. The predicted octanol–water partition coefficient (Wildman–Crippen LogP) is 15.6. The number of benzene rings is 10. The quantitative estimate of drug-likeness (QED) is 0.177. The van der Waals surface area contributed by atoms with E-state index in [4.69, 9.17) is 19.4 Å². The van der Waals surface area contributed by atoms with Crippen LogP contribution in [0.1, 0.15) is 22.3 Å². The third-order valence-corrected chi connectivity index (χ3v) is 15.2. The van der Waals surface area contributed by atoms with Gasteiger partial charge in [0.1, 0.15) is 11.2 Å². The van der Waals surface area contributed by atoms with Gasteiger partial charge in [-0.15, -0.1) is 0 Å². The number of nitrogens with zero attached hydrogens (tertiary/aromatic N) is 5. The fourth-order valence-corrected chi connectivity index (χ4v) is 12.4. The molecule has 4 heterocycles. The van der Waals surface area contributed by atoms with Crippen molar-refractivity contribution in [2.24, 2.45) is 0 Å². The van der Waals surface area contributed by atoms with Crippen molar-refractivity contribution >= 4 is 65.6 Å². The highest BCUT2D eigenvalue weighted by molar-refractivity contribution is 6.14. The van der Waals surface area contributed by atoms with Gasteiger partial charge in [0.15, 0.2) is 5.82 Å². The first-order chi connectivity index (χ1) is 34.7. The van der Waals surface area contributed by atoms with Crippen molar-refractivity contribution in [1.82, 2.24) is 24.1 Å². The molecular formula is C64H37N5O. The van der Waals surface area contributed by atoms with Crippen LogP contribution in [0.15, 0.2) is 229 Å². The molecule has 0 atom stereocenters. The fourth-order valence-electron chi connectivity index (χ4n) is 12.4. The van der Waals surface area contributed by atoms with Crippen molar-refractivity contribution in [2.75, 3.05) is 0 Å². The first-order valence-corrected chi connectivity index (χ1v) is 23.9. The maximum Gasteiger partial charge on any atom is 0.240 e. The molecular weight excluding hydrogens is 855 g/mol. The summed E-state index contributed by atoms with van der Waals surface area (Å²) < 4.78 is 11.2. The van der Waals surface area contributed by atoms with E-state index in [1.807, 2.05) is 6.07 Å². The third kappa shape index (κ3) is 4.88. The number of para-hydroxylation sites is 3. The van der Waals surface area contributed by atoms with E-state index in [-0.39, 0.29) is 0 Å². The molecule has 6 heteroatoms. The lowest BCUT2D eigenvalue weighted by Gasteiger charge is -2.30. The van der Waals surface area contributed by atoms with Crippen LogP contribution in [0.4, 0.5) is 0 Å². The van der Waals surface area contributed by atoms with Gasteiger partial charge in [-0.05, 0) is 104 Å².